The first-order chi connectivity index (χ1) is 15.4. The minimum Gasteiger partial charge on any atom is -0.750 e. The van der Waals surface area contributed by atoms with Crippen molar-refractivity contribution in [1.29, 1.82) is 0 Å². The molecule has 7 nitrogen and oxygen atoms in total. The van der Waals surface area contributed by atoms with E-state index in [0.717, 1.165) is 6.42 Å². The van der Waals surface area contributed by atoms with E-state index >= 15 is 0 Å². The van der Waals surface area contributed by atoms with Gasteiger partial charge in [-0.3, -0.25) is 8.78 Å². The second-order valence-electron chi connectivity index (χ2n) is 6.51. The lowest BCUT2D eigenvalue weighted by molar-refractivity contribution is 0.300. The summed E-state index contributed by atoms with van der Waals surface area (Å²) < 4.78 is 60.8. The van der Waals surface area contributed by atoms with Gasteiger partial charge in [-0.15, -0.1) is 0 Å². The van der Waals surface area contributed by atoms with Crippen LogP contribution in [-0.2, 0) is 15.5 Å². The van der Waals surface area contributed by atoms with Gasteiger partial charge in [0.1, 0.15) is 24.8 Å². The number of ether oxygens (including phenoxy) is 2. The lowest BCUT2D eigenvalue weighted by Crippen LogP contribution is -2.24. The average Bonchev–Trinajstić information content (AvgIpc) is 2.83. The lowest BCUT2D eigenvalue weighted by Gasteiger charge is -2.22. The Kier molecular flexibility index (Phi) is 13.1. The number of oxime groups is 1. The summed E-state index contributed by atoms with van der Waals surface area (Å²) in [5, 5.41) is 12.7. The molecule has 0 saturated heterocycles. The zero-order valence-electron chi connectivity index (χ0n) is 18.2. The number of methoxy groups -OCH3 is 2. The minimum absolute atomic E-state index is 0.0420. The predicted molar refractivity (Wildman–Crippen MR) is 118 cm³/mol. The molecule has 3 atom stereocenters. The molecule has 0 amide bonds. The van der Waals surface area contributed by atoms with Gasteiger partial charge in [-0.1, -0.05) is 36.3 Å². The van der Waals surface area contributed by atoms with Crippen LogP contribution in [0.2, 0.25) is 0 Å². The Morgan fingerprint density at radius 3 is 1.59 bits per heavy atom. The van der Waals surface area contributed by atoms with E-state index in [-0.39, 0.29) is 12.3 Å². The van der Waals surface area contributed by atoms with Gasteiger partial charge in [0.15, 0.2) is 0 Å². The molecule has 1 N–H and O–H groups in total. The zero-order chi connectivity index (χ0) is 23.9. The maximum absolute atomic E-state index is 13.7. The smallest absolute Gasteiger partial charge is 0.118 e. The Hall–Kier alpha value is -2.56. The highest BCUT2D eigenvalue weighted by Gasteiger charge is 2.28. The molecule has 2 aromatic rings. The molecule has 0 aliphatic rings. The molecule has 178 valence electrons. The van der Waals surface area contributed by atoms with Gasteiger partial charge in [0.25, 0.3) is 0 Å². The van der Waals surface area contributed by atoms with Crippen LogP contribution >= 0.6 is 0 Å². The number of alkyl halides is 2. The zero-order valence-corrected chi connectivity index (χ0v) is 19.0. The van der Waals surface area contributed by atoms with Crippen molar-refractivity contribution in [2.24, 2.45) is 5.16 Å². The molecule has 0 aliphatic carbocycles. The number of benzene rings is 2. The molecule has 2 rings (SSSR count). The molecule has 0 fully saturated rings. The number of rotatable bonds is 11. The highest BCUT2D eigenvalue weighted by molar-refractivity contribution is 7.74. The van der Waals surface area contributed by atoms with Crippen LogP contribution in [0.3, 0.4) is 0 Å². The molecule has 0 spiro atoms. The SMILES string of the molecule is CCCOS(=O)[O-].COc1ccc(C(CF)C(=NO)C(CF)c2ccc(OC)cc2)cc1. The lowest BCUT2D eigenvalue weighted by atomic mass is 9.84. The Balaban J connectivity index is 0.000000633. The van der Waals surface area contributed by atoms with Gasteiger partial charge in [-0.05, 0) is 41.8 Å². The molecule has 0 bridgehead atoms. The first kappa shape index (κ1) is 27.5. The largest absolute Gasteiger partial charge is 0.750 e. The summed E-state index contributed by atoms with van der Waals surface area (Å²) in [5.74, 6) is -0.445. The molecule has 3 unspecified atom stereocenters. The molecule has 0 aromatic heterocycles. The third-order valence-electron chi connectivity index (χ3n) is 4.56. The monoisotopic (exact) mass is 472 g/mol. The van der Waals surface area contributed by atoms with Crippen molar-refractivity contribution in [1.82, 2.24) is 0 Å². The second-order valence-corrected chi connectivity index (χ2v) is 7.16. The molecule has 2 aromatic carbocycles. The van der Waals surface area contributed by atoms with Crippen molar-refractivity contribution in [3.63, 3.8) is 0 Å². The van der Waals surface area contributed by atoms with Crippen molar-refractivity contribution >= 4 is 17.1 Å². The van der Waals surface area contributed by atoms with Gasteiger partial charge in [-0.2, -0.15) is 0 Å². The molecule has 0 heterocycles. The molecular weight excluding hydrogens is 444 g/mol. The van der Waals surface area contributed by atoms with Gasteiger partial charge in [0.05, 0.1) is 49.7 Å². The van der Waals surface area contributed by atoms with Gasteiger partial charge < -0.3 is 23.4 Å². The van der Waals surface area contributed by atoms with E-state index in [4.69, 9.17) is 9.47 Å². The van der Waals surface area contributed by atoms with E-state index < -0.39 is 36.5 Å². The Bertz CT molecular complexity index is 776. The van der Waals surface area contributed by atoms with E-state index in [0.29, 0.717) is 22.6 Å². The topological polar surface area (TPSA) is 100 Å². The van der Waals surface area contributed by atoms with E-state index in [2.05, 4.69) is 9.34 Å². The van der Waals surface area contributed by atoms with Crippen molar-refractivity contribution in [2.45, 2.75) is 25.2 Å². The molecule has 10 heteroatoms. The summed E-state index contributed by atoms with van der Waals surface area (Å²) in [7, 11) is 3.07. The average molecular weight is 473 g/mol. The standard InChI is InChI=1S/C19H21F2NO3.C3H8O3S/c1-24-15-7-3-13(4-8-15)17(11-20)19(22-23)18(12-21)14-5-9-16(25-2)10-6-14;1-2-3-6-7(4)5/h3-10,17-18,23H,11-12H2,1-2H3;2-3H2,1H3,(H,4,5)/p-1. The van der Waals surface area contributed by atoms with Crippen molar-refractivity contribution < 1.29 is 36.4 Å². The van der Waals surface area contributed by atoms with Crippen molar-refractivity contribution in [3.8, 4) is 11.5 Å². The summed E-state index contributed by atoms with van der Waals surface area (Å²) in [5.41, 5.74) is 1.21. The van der Waals surface area contributed by atoms with E-state index in [1.165, 1.54) is 14.2 Å². The fraction of sp³-hybridized carbons (Fsp3) is 0.409. The van der Waals surface area contributed by atoms with Gasteiger partial charge in [0.2, 0.25) is 0 Å². The third-order valence-corrected chi connectivity index (χ3v) is 4.92. The van der Waals surface area contributed by atoms with Crippen LogP contribution in [0.5, 0.6) is 11.5 Å². The summed E-state index contributed by atoms with van der Waals surface area (Å²) in [6, 6.07) is 13.5. The number of hydrogen-bond donors (Lipinski definition) is 1. The molecule has 32 heavy (non-hydrogen) atoms. The molecular formula is C22H28F2NO6S-. The summed E-state index contributed by atoms with van der Waals surface area (Å²) >= 11 is -2.32. The maximum atomic E-state index is 13.7. The second kappa shape index (κ2) is 15.3. The fourth-order valence-corrected chi connectivity index (χ4v) is 3.19. The molecule has 0 radical (unpaired) electrons. The van der Waals surface area contributed by atoms with Crippen molar-refractivity contribution in [2.75, 3.05) is 34.2 Å². The summed E-state index contributed by atoms with van der Waals surface area (Å²) in [6.45, 7) is 0.514. The summed E-state index contributed by atoms with van der Waals surface area (Å²) in [4.78, 5) is 0. The van der Waals surface area contributed by atoms with Gasteiger partial charge in [0, 0.05) is 0 Å². The fourth-order valence-electron chi connectivity index (χ4n) is 2.88. The van der Waals surface area contributed by atoms with Crippen LogP contribution in [0.25, 0.3) is 0 Å². The third kappa shape index (κ3) is 8.52. The van der Waals surface area contributed by atoms with Gasteiger partial charge in [-0.25, -0.2) is 4.21 Å². The maximum Gasteiger partial charge on any atom is 0.118 e. The van der Waals surface area contributed by atoms with Crippen LogP contribution in [0.15, 0.2) is 53.7 Å². The molecule has 0 aliphatic heterocycles. The Morgan fingerprint density at radius 1 is 0.969 bits per heavy atom. The normalized spacial score (nSPS) is 13.2. The Labute approximate surface area is 189 Å². The van der Waals surface area contributed by atoms with E-state index in [1.54, 1.807) is 48.5 Å². The highest BCUT2D eigenvalue weighted by atomic mass is 32.2. The van der Waals surface area contributed by atoms with E-state index in [1.807, 2.05) is 6.92 Å². The number of nitrogens with zero attached hydrogens (tertiary/aromatic N) is 1. The van der Waals surface area contributed by atoms with Crippen LogP contribution in [0.4, 0.5) is 8.78 Å². The van der Waals surface area contributed by atoms with Crippen LogP contribution < -0.4 is 9.47 Å². The first-order valence-corrected chi connectivity index (χ1v) is 10.8. The van der Waals surface area contributed by atoms with Gasteiger partial charge >= 0.3 is 0 Å². The predicted octanol–water partition coefficient (Wildman–Crippen LogP) is 4.55. The quantitative estimate of drug-likeness (QED) is 0.223. The first-order valence-electron chi connectivity index (χ1n) is 9.79. The minimum atomic E-state index is -2.32. The molecule has 0 saturated carbocycles. The van der Waals surface area contributed by atoms with Crippen molar-refractivity contribution in [3.05, 3.63) is 59.7 Å². The van der Waals surface area contributed by atoms with E-state index in [9.17, 15) is 22.7 Å². The van der Waals surface area contributed by atoms with Crippen LogP contribution in [0, 0.1) is 0 Å². The van der Waals surface area contributed by atoms with Crippen LogP contribution in [0.1, 0.15) is 36.3 Å². The van der Waals surface area contributed by atoms with Crippen LogP contribution in [-0.4, -0.2) is 53.9 Å². The number of hydrogen-bond acceptors (Lipinski definition) is 7. The summed E-state index contributed by atoms with van der Waals surface area (Å²) in [6.07, 6.45) is 0.730. The Morgan fingerprint density at radius 2 is 1.38 bits per heavy atom. The highest BCUT2D eigenvalue weighted by Crippen LogP contribution is 2.30. The number of halogens is 2.